The van der Waals surface area contributed by atoms with E-state index >= 15 is 0 Å². The molecule has 0 spiro atoms. The summed E-state index contributed by atoms with van der Waals surface area (Å²) >= 11 is 0. The molecule has 5 N–H and O–H groups in total. The van der Waals surface area contributed by atoms with Crippen LogP contribution in [0.1, 0.15) is 57.8 Å². The van der Waals surface area contributed by atoms with Gasteiger partial charge in [-0.2, -0.15) is 9.97 Å². The molecule has 0 aromatic carbocycles. The molecule has 5 aliphatic rings. The molecule has 236 valence electrons. The van der Waals surface area contributed by atoms with E-state index in [4.69, 9.17) is 15.5 Å². The number of aromatic nitrogens is 2. The molecule has 1 aromatic rings. The second-order valence-electron chi connectivity index (χ2n) is 13.8. The molecule has 2 bridgehead atoms. The predicted octanol–water partition coefficient (Wildman–Crippen LogP) is 2.49. The summed E-state index contributed by atoms with van der Waals surface area (Å²) in [5.74, 6) is 5.73. The number of hydrogen-bond acceptors (Lipinski definition) is 10. The molecule has 10 heteroatoms. The maximum Gasteiger partial charge on any atom is 0.226 e. The van der Waals surface area contributed by atoms with Crippen molar-refractivity contribution in [2.45, 2.75) is 63.8 Å². The number of morpholine rings is 1. The lowest BCUT2D eigenvalue weighted by molar-refractivity contribution is 0.0331. The van der Waals surface area contributed by atoms with Crippen molar-refractivity contribution in [3.05, 3.63) is 6.07 Å². The van der Waals surface area contributed by atoms with Crippen molar-refractivity contribution < 1.29 is 4.74 Å². The van der Waals surface area contributed by atoms with E-state index in [1.807, 2.05) is 6.07 Å². The fourth-order valence-corrected chi connectivity index (χ4v) is 8.18. The Morgan fingerprint density at radius 3 is 2.26 bits per heavy atom. The second kappa shape index (κ2) is 15.3. The van der Waals surface area contributed by atoms with Crippen molar-refractivity contribution in [3.8, 4) is 0 Å². The van der Waals surface area contributed by atoms with Gasteiger partial charge in [0.05, 0.1) is 13.2 Å². The molecule has 1 aromatic heterocycles. The second-order valence-corrected chi connectivity index (χ2v) is 13.8. The highest BCUT2D eigenvalue weighted by Crippen LogP contribution is 2.44. The molecule has 10 nitrogen and oxygen atoms in total. The van der Waals surface area contributed by atoms with Gasteiger partial charge in [-0.15, -0.1) is 0 Å². The van der Waals surface area contributed by atoms with Crippen LogP contribution < -0.4 is 26.6 Å². The van der Waals surface area contributed by atoms with E-state index in [9.17, 15) is 0 Å². The smallest absolute Gasteiger partial charge is 0.226 e. The minimum Gasteiger partial charge on any atom is -0.383 e. The highest BCUT2D eigenvalue weighted by molar-refractivity contribution is 5.51. The van der Waals surface area contributed by atoms with E-state index in [1.54, 1.807) is 0 Å². The van der Waals surface area contributed by atoms with Crippen LogP contribution >= 0.6 is 0 Å². The minimum atomic E-state index is 0.553. The Labute approximate surface area is 253 Å². The van der Waals surface area contributed by atoms with Crippen molar-refractivity contribution in [3.63, 3.8) is 0 Å². The Balaban J connectivity index is 0.832. The van der Waals surface area contributed by atoms with E-state index in [0.717, 1.165) is 108 Å². The average Bonchev–Trinajstić information content (AvgIpc) is 3.66. The van der Waals surface area contributed by atoms with Gasteiger partial charge in [-0.25, -0.2) is 0 Å². The maximum absolute atomic E-state index is 6.22. The Kier molecular flexibility index (Phi) is 11.1. The summed E-state index contributed by atoms with van der Waals surface area (Å²) in [7, 11) is 0. The molecule has 3 atom stereocenters. The normalized spacial score (nSPS) is 30.7. The highest BCUT2D eigenvalue weighted by atomic mass is 16.5. The molecule has 0 radical (unpaired) electrons. The number of nitrogens with zero attached hydrogens (tertiary/aromatic N) is 5. The van der Waals surface area contributed by atoms with Crippen LogP contribution in [0.2, 0.25) is 0 Å². The fraction of sp³-hybridized carbons (Fsp3) is 0.875. The predicted molar refractivity (Wildman–Crippen MR) is 171 cm³/mol. The van der Waals surface area contributed by atoms with Gasteiger partial charge < -0.3 is 31.3 Å². The van der Waals surface area contributed by atoms with E-state index in [-0.39, 0.29) is 0 Å². The van der Waals surface area contributed by atoms with E-state index in [0.29, 0.717) is 17.7 Å². The summed E-state index contributed by atoms with van der Waals surface area (Å²) in [6, 6.07) is 2.75. The van der Waals surface area contributed by atoms with Crippen molar-refractivity contribution in [2.75, 3.05) is 108 Å². The summed E-state index contributed by atoms with van der Waals surface area (Å²) in [6.07, 6.45) is 12.4. The molecule has 6 rings (SSSR count). The van der Waals surface area contributed by atoms with Crippen LogP contribution in [0, 0.1) is 23.7 Å². The van der Waals surface area contributed by atoms with Gasteiger partial charge in [0.15, 0.2) is 0 Å². The highest BCUT2D eigenvalue weighted by Gasteiger charge is 2.38. The third-order valence-electron chi connectivity index (χ3n) is 10.9. The monoisotopic (exact) mass is 583 g/mol. The summed E-state index contributed by atoms with van der Waals surface area (Å²) in [4.78, 5) is 16.8. The lowest BCUT2D eigenvalue weighted by Crippen LogP contribution is -2.49. The van der Waals surface area contributed by atoms with Gasteiger partial charge in [-0.3, -0.25) is 9.80 Å². The zero-order chi connectivity index (χ0) is 28.6. The molecule has 3 aliphatic carbocycles. The Bertz CT molecular complexity index is 944. The molecule has 3 heterocycles. The number of ether oxygens (including phenoxy) is 1. The zero-order valence-electron chi connectivity index (χ0n) is 25.9. The number of piperazine rings is 1. The van der Waals surface area contributed by atoms with Gasteiger partial charge >= 0.3 is 0 Å². The van der Waals surface area contributed by atoms with Gasteiger partial charge in [0.25, 0.3) is 0 Å². The van der Waals surface area contributed by atoms with Crippen LogP contribution in [0.15, 0.2) is 6.07 Å². The van der Waals surface area contributed by atoms with Gasteiger partial charge in [-0.05, 0) is 94.7 Å². The lowest BCUT2D eigenvalue weighted by Gasteiger charge is -2.37. The topological polar surface area (TPSA) is 107 Å². The number of hydrogen-bond donors (Lipinski definition) is 4. The Morgan fingerprint density at radius 1 is 0.810 bits per heavy atom. The lowest BCUT2D eigenvalue weighted by atomic mass is 9.82. The molecular formula is C32H57N9O. The molecular weight excluding hydrogens is 526 g/mol. The molecule has 0 amide bonds. The largest absolute Gasteiger partial charge is 0.383 e. The van der Waals surface area contributed by atoms with Crippen molar-refractivity contribution in [2.24, 2.45) is 23.7 Å². The van der Waals surface area contributed by atoms with Crippen LogP contribution in [0.4, 0.5) is 17.6 Å². The number of nitrogens with one attached hydrogen (secondary N) is 3. The van der Waals surface area contributed by atoms with Crippen molar-refractivity contribution >= 4 is 17.6 Å². The van der Waals surface area contributed by atoms with Crippen molar-refractivity contribution in [1.82, 2.24) is 30.4 Å². The van der Waals surface area contributed by atoms with E-state index in [2.05, 4.69) is 35.6 Å². The SMILES string of the molecule is Nc1cc(N2CCN(CCN3CCOCC3)CC2)nc(NC[C@H]2CC[C@H](CNCCCN[C@H]3C[C@@H]4CC[C@H]3C4)CC2)n1. The first-order valence-corrected chi connectivity index (χ1v) is 17.3. The average molecular weight is 584 g/mol. The van der Waals surface area contributed by atoms with Crippen LogP contribution in [-0.2, 0) is 4.74 Å². The number of nitrogen functional groups attached to an aromatic ring is 1. The van der Waals surface area contributed by atoms with Crippen LogP contribution in [0.3, 0.4) is 0 Å². The number of nitrogens with two attached hydrogens (primary N) is 1. The van der Waals surface area contributed by atoms with Gasteiger partial charge in [0.1, 0.15) is 11.6 Å². The van der Waals surface area contributed by atoms with Gasteiger partial charge in [-0.1, -0.05) is 6.42 Å². The molecule has 3 saturated carbocycles. The van der Waals surface area contributed by atoms with Gasteiger partial charge in [0, 0.05) is 71.0 Å². The summed E-state index contributed by atoms with van der Waals surface area (Å²) in [5, 5.41) is 11.1. The fourth-order valence-electron chi connectivity index (χ4n) is 8.18. The van der Waals surface area contributed by atoms with E-state index < -0.39 is 0 Å². The molecule has 2 aliphatic heterocycles. The molecule has 0 unspecified atom stereocenters. The zero-order valence-corrected chi connectivity index (χ0v) is 25.9. The standard InChI is InChI=1S/C32H57N9O/c33-30-22-31(41-14-12-39(13-15-41)10-11-40-16-18-42-19-17-40)38-32(37-30)36-24-26-4-2-25(3-5-26)23-34-8-1-9-35-29-21-27-6-7-28(29)20-27/h22,25-29,34-35H,1-21,23-24H2,(H3,33,36,37,38)/t25-,26-,27-,28+,29+/m1/s1. The third-order valence-corrected chi connectivity index (χ3v) is 10.9. The van der Waals surface area contributed by atoms with Crippen LogP contribution in [0.25, 0.3) is 0 Å². The van der Waals surface area contributed by atoms with Gasteiger partial charge in [0.2, 0.25) is 5.95 Å². The van der Waals surface area contributed by atoms with Crippen LogP contribution in [-0.4, -0.2) is 118 Å². The number of rotatable bonds is 14. The minimum absolute atomic E-state index is 0.553. The molecule has 5 fully saturated rings. The summed E-state index contributed by atoms with van der Waals surface area (Å²) in [6.45, 7) is 14.7. The maximum atomic E-state index is 6.22. The summed E-state index contributed by atoms with van der Waals surface area (Å²) in [5.41, 5.74) is 6.22. The first-order chi connectivity index (χ1) is 20.7. The van der Waals surface area contributed by atoms with E-state index in [1.165, 1.54) is 70.9 Å². The molecule has 2 saturated heterocycles. The summed E-state index contributed by atoms with van der Waals surface area (Å²) < 4.78 is 5.48. The first-order valence-electron chi connectivity index (χ1n) is 17.3. The first kappa shape index (κ1) is 30.3. The van der Waals surface area contributed by atoms with Crippen molar-refractivity contribution in [1.29, 1.82) is 0 Å². The Hall–Kier alpha value is -1.72. The quantitative estimate of drug-likeness (QED) is 0.244. The third kappa shape index (κ3) is 8.68. The Morgan fingerprint density at radius 2 is 1.55 bits per heavy atom. The number of anilines is 3. The molecule has 42 heavy (non-hydrogen) atoms. The van der Waals surface area contributed by atoms with Crippen LogP contribution in [0.5, 0.6) is 0 Å². The number of fused-ring (bicyclic) bond motifs is 2.